The summed E-state index contributed by atoms with van der Waals surface area (Å²) in [4.78, 5) is 10.8. The Labute approximate surface area is 187 Å². The van der Waals surface area contributed by atoms with E-state index in [4.69, 9.17) is 9.05 Å². The highest BCUT2D eigenvalue weighted by molar-refractivity contribution is 14.0. The molecule has 13 heteroatoms. The van der Waals surface area contributed by atoms with Crippen LogP contribution in [0.4, 0.5) is 0 Å². The molecular weight excluding hydrogens is 513 g/mol. The summed E-state index contributed by atoms with van der Waals surface area (Å²) in [5.41, 5.74) is 0.411. The first kappa shape index (κ1) is 23.5. The molecule has 0 saturated carbocycles. The largest absolute Gasteiger partial charge is 0.364 e. The summed E-state index contributed by atoms with van der Waals surface area (Å²) >= 11 is 0. The molecular formula is C16H26IN7O4S. The molecule has 3 rings (SSSR count). The number of nitrogens with zero attached hydrogens (tertiary/aromatic N) is 6. The van der Waals surface area contributed by atoms with Crippen LogP contribution in [0.15, 0.2) is 26.4 Å². The highest BCUT2D eigenvalue weighted by Gasteiger charge is 2.29. The van der Waals surface area contributed by atoms with Crippen LogP contribution in [0.1, 0.15) is 24.3 Å². The average molecular weight is 539 g/mol. The smallest absolute Gasteiger partial charge is 0.228 e. The monoisotopic (exact) mass is 539 g/mol. The second-order valence-electron chi connectivity index (χ2n) is 6.35. The number of hydrogen-bond donors (Lipinski definition) is 1. The van der Waals surface area contributed by atoms with E-state index in [1.165, 1.54) is 10.6 Å². The van der Waals surface area contributed by atoms with E-state index in [1.807, 2.05) is 6.92 Å². The second kappa shape index (κ2) is 10.9. The maximum Gasteiger partial charge on any atom is 0.228 e. The Morgan fingerprint density at radius 1 is 1.28 bits per heavy atom. The van der Waals surface area contributed by atoms with Crippen molar-refractivity contribution < 1.29 is 17.5 Å². The van der Waals surface area contributed by atoms with Crippen molar-refractivity contribution in [1.29, 1.82) is 0 Å². The Balaban J connectivity index is 0.00000300. The molecule has 3 heterocycles. The van der Waals surface area contributed by atoms with Crippen molar-refractivity contribution in [3.8, 4) is 0 Å². The van der Waals surface area contributed by atoms with Crippen LogP contribution >= 0.6 is 24.0 Å². The Morgan fingerprint density at radius 2 is 2.03 bits per heavy atom. The highest BCUT2D eigenvalue weighted by Crippen LogP contribution is 2.13. The van der Waals surface area contributed by atoms with Gasteiger partial charge in [0.05, 0.1) is 12.2 Å². The van der Waals surface area contributed by atoms with Crippen LogP contribution in [0.2, 0.25) is 0 Å². The van der Waals surface area contributed by atoms with Crippen LogP contribution in [-0.4, -0.2) is 78.1 Å². The van der Waals surface area contributed by atoms with Crippen molar-refractivity contribution in [2.24, 2.45) is 4.99 Å². The van der Waals surface area contributed by atoms with Crippen LogP contribution in [0.3, 0.4) is 0 Å². The Morgan fingerprint density at radius 3 is 2.62 bits per heavy atom. The van der Waals surface area contributed by atoms with Gasteiger partial charge in [-0.05, 0) is 13.8 Å². The molecule has 1 N–H and O–H groups in total. The molecule has 11 nitrogen and oxygen atoms in total. The predicted octanol–water partition coefficient (Wildman–Crippen LogP) is 0.640. The molecule has 0 atom stereocenters. The van der Waals surface area contributed by atoms with E-state index in [0.29, 0.717) is 56.6 Å². The van der Waals surface area contributed by atoms with Crippen LogP contribution < -0.4 is 5.32 Å². The number of aromatic nitrogens is 3. The van der Waals surface area contributed by atoms with Gasteiger partial charge in [-0.25, -0.2) is 8.42 Å². The van der Waals surface area contributed by atoms with Crippen molar-refractivity contribution in [2.75, 3.05) is 39.3 Å². The van der Waals surface area contributed by atoms with E-state index < -0.39 is 10.0 Å². The Hall–Kier alpha value is -1.74. The zero-order valence-corrected chi connectivity index (χ0v) is 19.6. The first-order valence-electron chi connectivity index (χ1n) is 9.17. The molecule has 0 radical (unpaired) electrons. The quantitative estimate of drug-likeness (QED) is 0.306. The minimum atomic E-state index is -3.42. The van der Waals surface area contributed by atoms with Crippen molar-refractivity contribution >= 4 is 40.0 Å². The van der Waals surface area contributed by atoms with Gasteiger partial charge < -0.3 is 19.3 Å². The van der Waals surface area contributed by atoms with Gasteiger partial charge in [-0.1, -0.05) is 10.3 Å². The van der Waals surface area contributed by atoms with E-state index >= 15 is 0 Å². The summed E-state index contributed by atoms with van der Waals surface area (Å²) in [7, 11) is -3.42. The molecule has 1 aliphatic rings. The molecule has 0 unspecified atom stereocenters. The number of piperazine rings is 1. The lowest BCUT2D eigenvalue weighted by Crippen LogP contribution is -2.54. The number of sulfonamides is 1. The minimum Gasteiger partial charge on any atom is -0.364 e. The summed E-state index contributed by atoms with van der Waals surface area (Å²) in [5.74, 6) is 1.77. The molecule has 2 aromatic heterocycles. The van der Waals surface area contributed by atoms with E-state index in [2.05, 4.69) is 30.5 Å². The maximum atomic E-state index is 12.5. The van der Waals surface area contributed by atoms with Crippen LogP contribution in [0.25, 0.3) is 0 Å². The van der Waals surface area contributed by atoms with Crippen molar-refractivity contribution in [3.63, 3.8) is 0 Å². The van der Waals surface area contributed by atoms with Crippen molar-refractivity contribution in [1.82, 2.24) is 29.8 Å². The molecule has 1 fully saturated rings. The lowest BCUT2D eigenvalue weighted by Gasteiger charge is -2.35. The van der Waals surface area contributed by atoms with Gasteiger partial charge in [0.15, 0.2) is 11.8 Å². The average Bonchev–Trinajstić information content (AvgIpc) is 3.32. The highest BCUT2D eigenvalue weighted by atomic mass is 127. The Kier molecular flexibility index (Phi) is 8.82. The van der Waals surface area contributed by atoms with Gasteiger partial charge in [0, 0.05) is 45.2 Å². The topological polar surface area (TPSA) is 130 Å². The molecule has 0 bridgehead atoms. The van der Waals surface area contributed by atoms with Gasteiger partial charge in [-0.15, -0.1) is 24.0 Å². The third-order valence-electron chi connectivity index (χ3n) is 4.24. The Bertz CT molecular complexity index is 877. The summed E-state index contributed by atoms with van der Waals surface area (Å²) in [6, 6.07) is 1.56. The standard InChI is InChI=1S/C16H25N7O4S.HI/c1-3-17-16(18-6-4-15-19-13(2)20-27-15)22-7-9-23(10-8-22)28(24,25)12-14-5-11-26-21-14;/h5,11H,3-4,6-10,12H2,1-2H3,(H,17,18);1H. The summed E-state index contributed by atoms with van der Waals surface area (Å²) in [6.07, 6.45) is 1.93. The van der Waals surface area contributed by atoms with Gasteiger partial charge in [-0.3, -0.25) is 4.99 Å². The number of aryl methyl sites for hydroxylation is 1. The third-order valence-corrected chi connectivity index (χ3v) is 6.06. The van der Waals surface area contributed by atoms with E-state index in [1.54, 1.807) is 13.0 Å². The van der Waals surface area contributed by atoms with Gasteiger partial charge in [0.2, 0.25) is 15.9 Å². The van der Waals surface area contributed by atoms with Crippen LogP contribution in [-0.2, 0) is 22.2 Å². The lowest BCUT2D eigenvalue weighted by atomic mass is 10.4. The lowest BCUT2D eigenvalue weighted by molar-refractivity contribution is 0.259. The third kappa shape index (κ3) is 6.64. The molecule has 1 aliphatic heterocycles. The maximum absolute atomic E-state index is 12.5. The van der Waals surface area contributed by atoms with Crippen LogP contribution in [0.5, 0.6) is 0 Å². The first-order chi connectivity index (χ1) is 13.5. The number of aliphatic imine (C=N–C) groups is 1. The van der Waals surface area contributed by atoms with Gasteiger partial charge in [0.25, 0.3) is 0 Å². The fraction of sp³-hybridized carbons (Fsp3) is 0.625. The number of halogens is 1. The zero-order chi connectivity index (χ0) is 20.0. The summed E-state index contributed by atoms with van der Waals surface area (Å²) < 4.78 is 36.4. The van der Waals surface area contributed by atoms with Crippen LogP contribution in [0, 0.1) is 6.92 Å². The normalized spacial score (nSPS) is 15.9. The van der Waals surface area contributed by atoms with Gasteiger partial charge in [-0.2, -0.15) is 9.29 Å². The molecule has 162 valence electrons. The minimum absolute atomic E-state index is 0. The number of hydrogen-bond acceptors (Lipinski definition) is 8. The predicted molar refractivity (Wildman–Crippen MR) is 116 cm³/mol. The second-order valence-corrected chi connectivity index (χ2v) is 8.32. The first-order valence-corrected chi connectivity index (χ1v) is 10.8. The molecule has 0 spiro atoms. The van der Waals surface area contributed by atoms with Crippen molar-refractivity contribution in [2.45, 2.75) is 26.0 Å². The molecule has 2 aromatic rings. The summed E-state index contributed by atoms with van der Waals surface area (Å²) in [6.45, 7) is 6.91. The molecule has 0 aromatic carbocycles. The fourth-order valence-electron chi connectivity index (χ4n) is 2.89. The van der Waals surface area contributed by atoms with Gasteiger partial charge in [0.1, 0.15) is 12.0 Å². The SMILES string of the molecule is CCNC(=NCCc1nc(C)no1)N1CCN(S(=O)(=O)Cc2ccon2)CC1.I. The molecule has 0 aliphatic carbocycles. The van der Waals surface area contributed by atoms with Crippen molar-refractivity contribution in [3.05, 3.63) is 29.7 Å². The summed E-state index contributed by atoms with van der Waals surface area (Å²) in [5, 5.41) is 10.7. The van der Waals surface area contributed by atoms with Gasteiger partial charge >= 0.3 is 0 Å². The number of rotatable bonds is 7. The van der Waals surface area contributed by atoms with E-state index in [9.17, 15) is 8.42 Å². The number of guanidine groups is 1. The number of nitrogens with one attached hydrogen (secondary N) is 1. The zero-order valence-electron chi connectivity index (χ0n) is 16.4. The van der Waals surface area contributed by atoms with E-state index in [0.717, 1.165) is 12.5 Å². The fourth-order valence-corrected chi connectivity index (χ4v) is 4.32. The molecule has 29 heavy (non-hydrogen) atoms. The van der Waals surface area contributed by atoms with E-state index in [-0.39, 0.29) is 29.7 Å². The molecule has 0 amide bonds. The molecule has 1 saturated heterocycles.